The molecule has 3 nitrogen and oxygen atoms in total. The van der Waals surface area contributed by atoms with Gasteiger partial charge in [0.15, 0.2) is 0 Å². The number of nitrogens with zero attached hydrogens (tertiary/aromatic N) is 1. The molecule has 0 N–H and O–H groups in total. The predicted octanol–water partition coefficient (Wildman–Crippen LogP) is 7.98. The van der Waals surface area contributed by atoms with Crippen molar-refractivity contribution in [3.05, 3.63) is 0 Å². The molecule has 0 spiro atoms. The zero-order valence-corrected chi connectivity index (χ0v) is 20.4. The van der Waals surface area contributed by atoms with E-state index in [1.54, 1.807) is 0 Å². The topological polar surface area (TPSA) is 50.1 Å². The summed E-state index contributed by atoms with van der Waals surface area (Å²) < 4.78 is 5.99. The van der Waals surface area contributed by atoms with Gasteiger partial charge in [-0.25, -0.2) is 0 Å². The maximum absolute atomic E-state index is 12.7. The summed E-state index contributed by atoms with van der Waals surface area (Å²) in [5.74, 6) is 2.68. The van der Waals surface area contributed by atoms with Gasteiger partial charge >= 0.3 is 5.97 Å². The molecule has 3 aliphatic rings. The number of unbranched alkanes of at least 4 members (excludes halogenated alkanes) is 2. The fraction of sp³-hybridized carbons (Fsp3) is 0.929. The van der Waals surface area contributed by atoms with Crippen molar-refractivity contribution in [2.24, 2.45) is 29.1 Å². The molecule has 0 saturated heterocycles. The smallest absolute Gasteiger partial charge is 0.309 e. The Morgan fingerprint density at radius 1 is 0.871 bits per heavy atom. The number of hydrogen-bond acceptors (Lipinski definition) is 3. The van der Waals surface area contributed by atoms with Gasteiger partial charge in [0.1, 0.15) is 6.10 Å². The third kappa shape index (κ3) is 6.97. The fourth-order valence-corrected chi connectivity index (χ4v) is 6.83. The number of carbonyl (C=O) groups is 1. The molecule has 0 heterocycles. The van der Waals surface area contributed by atoms with Crippen molar-refractivity contribution in [3.63, 3.8) is 0 Å². The van der Waals surface area contributed by atoms with Crippen molar-refractivity contribution in [1.29, 1.82) is 5.26 Å². The third-order valence-corrected chi connectivity index (χ3v) is 9.03. The minimum absolute atomic E-state index is 0.0332. The van der Waals surface area contributed by atoms with Gasteiger partial charge in [-0.05, 0) is 101 Å². The zero-order valence-electron chi connectivity index (χ0n) is 20.4. The Bertz CT molecular complexity index is 570. The SMILES string of the molecule is CCCCCC1(C#N)CCC(C2CCC(OC(=O)[C@H]3CC[C@H](CCC)CC3)CC2)CC1. The highest BCUT2D eigenvalue weighted by molar-refractivity contribution is 5.72. The van der Waals surface area contributed by atoms with Crippen LogP contribution in [0.25, 0.3) is 0 Å². The summed E-state index contributed by atoms with van der Waals surface area (Å²) in [6.07, 6.45) is 21.3. The van der Waals surface area contributed by atoms with E-state index in [1.807, 2.05) is 0 Å². The lowest BCUT2D eigenvalue weighted by Gasteiger charge is -2.40. The number of nitriles is 1. The summed E-state index contributed by atoms with van der Waals surface area (Å²) in [4.78, 5) is 12.7. The Balaban J connectivity index is 1.35. The van der Waals surface area contributed by atoms with E-state index in [0.29, 0.717) is 0 Å². The Hall–Kier alpha value is -1.04. The molecule has 3 aliphatic carbocycles. The van der Waals surface area contributed by atoms with E-state index in [2.05, 4.69) is 19.9 Å². The molecular formula is C28H47NO2. The van der Waals surface area contributed by atoms with E-state index < -0.39 is 0 Å². The number of esters is 1. The highest BCUT2D eigenvalue weighted by atomic mass is 16.5. The van der Waals surface area contributed by atoms with Gasteiger partial charge < -0.3 is 4.74 Å². The molecule has 0 atom stereocenters. The van der Waals surface area contributed by atoms with E-state index >= 15 is 0 Å². The molecule has 0 radical (unpaired) electrons. The predicted molar refractivity (Wildman–Crippen MR) is 126 cm³/mol. The highest BCUT2D eigenvalue weighted by Gasteiger charge is 2.39. The van der Waals surface area contributed by atoms with Gasteiger partial charge in [-0.15, -0.1) is 0 Å². The molecular weight excluding hydrogens is 382 g/mol. The normalized spacial score (nSPS) is 36.5. The van der Waals surface area contributed by atoms with Crippen LogP contribution in [0, 0.1) is 40.4 Å². The van der Waals surface area contributed by atoms with Crippen LogP contribution in [-0.4, -0.2) is 12.1 Å². The molecule has 176 valence electrons. The molecule has 0 aromatic carbocycles. The molecule has 3 heteroatoms. The quantitative estimate of drug-likeness (QED) is 0.276. The molecule has 0 aromatic rings. The molecule has 3 rings (SSSR count). The van der Waals surface area contributed by atoms with Crippen LogP contribution >= 0.6 is 0 Å². The molecule has 3 fully saturated rings. The second-order valence-corrected chi connectivity index (χ2v) is 11.2. The Morgan fingerprint density at radius 3 is 2.10 bits per heavy atom. The van der Waals surface area contributed by atoms with Crippen LogP contribution < -0.4 is 0 Å². The van der Waals surface area contributed by atoms with Gasteiger partial charge in [-0.2, -0.15) is 5.26 Å². The highest BCUT2D eigenvalue weighted by Crippen LogP contribution is 2.47. The average Bonchev–Trinajstić information content (AvgIpc) is 2.81. The van der Waals surface area contributed by atoms with Crippen LogP contribution in [0.5, 0.6) is 0 Å². The first-order valence-corrected chi connectivity index (χ1v) is 13.7. The Labute approximate surface area is 191 Å². The first kappa shape index (κ1) is 24.6. The number of carbonyl (C=O) groups excluding carboxylic acids is 1. The van der Waals surface area contributed by atoms with Crippen LogP contribution in [0.3, 0.4) is 0 Å². The van der Waals surface area contributed by atoms with Crippen molar-refractivity contribution in [3.8, 4) is 6.07 Å². The van der Waals surface area contributed by atoms with Crippen molar-refractivity contribution in [1.82, 2.24) is 0 Å². The van der Waals surface area contributed by atoms with Gasteiger partial charge in [-0.3, -0.25) is 4.79 Å². The molecule has 0 bridgehead atoms. The Morgan fingerprint density at radius 2 is 1.52 bits per heavy atom. The summed E-state index contributed by atoms with van der Waals surface area (Å²) in [5.41, 5.74) is -0.0332. The van der Waals surface area contributed by atoms with Crippen molar-refractivity contribution in [2.75, 3.05) is 0 Å². The van der Waals surface area contributed by atoms with E-state index in [0.717, 1.165) is 62.7 Å². The van der Waals surface area contributed by atoms with Crippen molar-refractivity contribution >= 4 is 5.97 Å². The first-order valence-electron chi connectivity index (χ1n) is 13.7. The van der Waals surface area contributed by atoms with E-state index in [9.17, 15) is 10.1 Å². The van der Waals surface area contributed by atoms with Crippen molar-refractivity contribution in [2.45, 2.75) is 136 Å². The minimum Gasteiger partial charge on any atom is -0.462 e. The molecule has 31 heavy (non-hydrogen) atoms. The summed E-state index contributed by atoms with van der Waals surface area (Å²) in [6, 6.07) is 2.71. The standard InChI is InChI=1S/C28H47NO2/c1-3-5-6-18-28(21-29)19-16-24(17-20-28)23-12-14-26(15-13-23)31-27(30)25-10-8-22(7-4-2)9-11-25/h22-26H,3-20H2,1-2H3/t22-,23?,24?,25-,26?,28?. The second kappa shape index (κ2) is 12.3. The van der Waals surface area contributed by atoms with Crippen LogP contribution in [0.1, 0.15) is 129 Å². The molecule has 0 aromatic heterocycles. The number of ether oxygens (including phenoxy) is 1. The molecule has 3 saturated carbocycles. The molecule has 0 aliphatic heterocycles. The number of hydrogen-bond donors (Lipinski definition) is 0. The van der Waals surface area contributed by atoms with E-state index in [1.165, 1.54) is 70.6 Å². The van der Waals surface area contributed by atoms with Gasteiger partial charge in [0.05, 0.1) is 17.4 Å². The maximum Gasteiger partial charge on any atom is 0.309 e. The van der Waals surface area contributed by atoms with Crippen LogP contribution in [0.15, 0.2) is 0 Å². The second-order valence-electron chi connectivity index (χ2n) is 11.2. The lowest BCUT2D eigenvalue weighted by Crippen LogP contribution is -2.34. The average molecular weight is 430 g/mol. The lowest BCUT2D eigenvalue weighted by atomic mass is 9.64. The minimum atomic E-state index is -0.0332. The summed E-state index contributed by atoms with van der Waals surface area (Å²) in [5, 5.41) is 9.81. The third-order valence-electron chi connectivity index (χ3n) is 9.03. The summed E-state index contributed by atoms with van der Waals surface area (Å²) in [6.45, 7) is 4.50. The summed E-state index contributed by atoms with van der Waals surface area (Å²) >= 11 is 0. The van der Waals surface area contributed by atoms with Crippen LogP contribution in [0.4, 0.5) is 0 Å². The van der Waals surface area contributed by atoms with Crippen LogP contribution in [-0.2, 0) is 9.53 Å². The lowest BCUT2D eigenvalue weighted by molar-refractivity contribution is -0.157. The van der Waals surface area contributed by atoms with E-state index in [4.69, 9.17) is 4.74 Å². The molecule has 0 unspecified atom stereocenters. The van der Waals surface area contributed by atoms with Gasteiger partial charge in [0, 0.05) is 0 Å². The van der Waals surface area contributed by atoms with E-state index in [-0.39, 0.29) is 23.4 Å². The maximum atomic E-state index is 12.7. The fourth-order valence-electron chi connectivity index (χ4n) is 6.83. The summed E-state index contributed by atoms with van der Waals surface area (Å²) in [7, 11) is 0. The van der Waals surface area contributed by atoms with Crippen LogP contribution in [0.2, 0.25) is 0 Å². The molecule has 0 amide bonds. The monoisotopic (exact) mass is 429 g/mol. The zero-order chi connectivity index (χ0) is 22.1. The number of rotatable bonds is 9. The largest absolute Gasteiger partial charge is 0.462 e. The van der Waals surface area contributed by atoms with Crippen molar-refractivity contribution < 1.29 is 9.53 Å². The first-order chi connectivity index (χ1) is 15.1. The van der Waals surface area contributed by atoms with Gasteiger partial charge in [0.25, 0.3) is 0 Å². The van der Waals surface area contributed by atoms with Gasteiger partial charge in [-0.1, -0.05) is 46.0 Å². The van der Waals surface area contributed by atoms with Gasteiger partial charge in [0.2, 0.25) is 0 Å². The Kier molecular flexibility index (Phi) is 9.73.